The van der Waals surface area contributed by atoms with Crippen LogP contribution in [0.25, 0.3) is 0 Å². The van der Waals surface area contributed by atoms with Crippen molar-refractivity contribution in [3.8, 4) is 11.5 Å². The highest BCUT2D eigenvalue weighted by molar-refractivity contribution is 6.05. The first-order chi connectivity index (χ1) is 13.6. The van der Waals surface area contributed by atoms with E-state index in [1.807, 2.05) is 30.3 Å². The Morgan fingerprint density at radius 1 is 0.821 bits per heavy atom. The fourth-order valence-corrected chi connectivity index (χ4v) is 2.47. The molecule has 0 aromatic heterocycles. The second-order valence-corrected chi connectivity index (χ2v) is 5.76. The molecule has 0 aliphatic heterocycles. The topological polar surface area (TPSA) is 90.7 Å². The second kappa shape index (κ2) is 9.18. The monoisotopic (exact) mass is 378 g/mol. The molecule has 0 spiro atoms. The maximum Gasteiger partial charge on any atom is 0.292 e. The van der Waals surface area contributed by atoms with Crippen LogP contribution in [0.3, 0.4) is 0 Å². The smallest absolute Gasteiger partial charge is 0.292 e. The number of para-hydroxylation sites is 3. The average molecular weight is 378 g/mol. The van der Waals surface area contributed by atoms with Gasteiger partial charge in [0, 0.05) is 11.6 Å². The summed E-state index contributed by atoms with van der Waals surface area (Å²) in [6, 6.07) is 21.9. The van der Waals surface area contributed by atoms with Crippen molar-refractivity contribution in [1.29, 1.82) is 0 Å². The second-order valence-electron chi connectivity index (χ2n) is 5.76. The van der Waals surface area contributed by atoms with Gasteiger partial charge in [-0.05, 0) is 42.5 Å². The molecule has 0 fully saturated rings. The van der Waals surface area contributed by atoms with Gasteiger partial charge in [-0.25, -0.2) is 0 Å². The molecule has 0 radical (unpaired) electrons. The van der Waals surface area contributed by atoms with Gasteiger partial charge in [-0.1, -0.05) is 30.3 Å². The van der Waals surface area contributed by atoms with Crippen molar-refractivity contribution < 1.29 is 19.2 Å². The molecule has 0 saturated carbocycles. The Labute approximate surface area is 161 Å². The number of nitrogens with zero attached hydrogens (tertiary/aromatic N) is 1. The molecule has 142 valence electrons. The van der Waals surface area contributed by atoms with Crippen LogP contribution in [0.4, 0.5) is 11.4 Å². The summed E-state index contributed by atoms with van der Waals surface area (Å²) in [5.74, 6) is 0.931. The van der Waals surface area contributed by atoms with E-state index in [9.17, 15) is 14.9 Å². The zero-order valence-electron chi connectivity index (χ0n) is 14.9. The summed E-state index contributed by atoms with van der Waals surface area (Å²) in [5.41, 5.74) is 0.358. The first kappa shape index (κ1) is 18.9. The third-order valence-corrected chi connectivity index (χ3v) is 3.83. The molecule has 3 rings (SSSR count). The number of carbonyl (C=O) groups excluding carboxylic acids is 1. The zero-order chi connectivity index (χ0) is 19.8. The fraction of sp³-hybridized carbons (Fsp3) is 0.0952. The van der Waals surface area contributed by atoms with Crippen molar-refractivity contribution in [3.05, 3.63) is 94.5 Å². The van der Waals surface area contributed by atoms with Crippen molar-refractivity contribution in [2.24, 2.45) is 0 Å². The molecule has 0 heterocycles. The van der Waals surface area contributed by atoms with Crippen molar-refractivity contribution in [2.45, 2.75) is 0 Å². The summed E-state index contributed by atoms with van der Waals surface area (Å²) < 4.78 is 11.1. The van der Waals surface area contributed by atoms with Gasteiger partial charge in [0.25, 0.3) is 11.6 Å². The molecule has 1 amide bonds. The van der Waals surface area contributed by atoms with Crippen molar-refractivity contribution in [1.82, 2.24) is 0 Å². The Bertz CT molecular complexity index is 943. The van der Waals surface area contributed by atoms with Crippen LogP contribution in [-0.4, -0.2) is 24.0 Å². The van der Waals surface area contributed by atoms with E-state index >= 15 is 0 Å². The maximum absolute atomic E-state index is 12.3. The van der Waals surface area contributed by atoms with Crippen LogP contribution in [0.5, 0.6) is 11.5 Å². The van der Waals surface area contributed by atoms with Crippen LogP contribution in [0.15, 0.2) is 78.9 Å². The Hall–Kier alpha value is -3.87. The first-order valence-electron chi connectivity index (χ1n) is 8.59. The molecule has 7 nitrogen and oxygen atoms in total. The molecule has 0 bridgehead atoms. The summed E-state index contributed by atoms with van der Waals surface area (Å²) in [6.07, 6.45) is 0. The standard InChI is InChI=1S/C21H18N2O5/c24-21(22-19-8-4-5-9-20(19)23(25)26)16-10-12-18(13-11-16)28-15-14-27-17-6-2-1-3-7-17/h1-13H,14-15H2,(H,22,24). The highest BCUT2D eigenvalue weighted by atomic mass is 16.6. The molecular formula is C21H18N2O5. The molecule has 1 N–H and O–H groups in total. The van der Waals surface area contributed by atoms with E-state index in [1.54, 1.807) is 36.4 Å². The highest BCUT2D eigenvalue weighted by Crippen LogP contribution is 2.24. The minimum absolute atomic E-state index is 0.149. The van der Waals surface area contributed by atoms with Crippen LogP contribution in [0, 0.1) is 10.1 Å². The van der Waals surface area contributed by atoms with Crippen LogP contribution < -0.4 is 14.8 Å². The third kappa shape index (κ3) is 5.07. The van der Waals surface area contributed by atoms with Crippen molar-refractivity contribution in [3.63, 3.8) is 0 Å². The van der Waals surface area contributed by atoms with Gasteiger partial charge in [0.15, 0.2) is 0 Å². The number of hydrogen-bond donors (Lipinski definition) is 1. The van der Waals surface area contributed by atoms with E-state index in [-0.39, 0.29) is 11.4 Å². The largest absolute Gasteiger partial charge is 0.490 e. The number of ether oxygens (including phenoxy) is 2. The van der Waals surface area contributed by atoms with E-state index in [1.165, 1.54) is 12.1 Å². The van der Waals surface area contributed by atoms with Crippen LogP contribution >= 0.6 is 0 Å². The van der Waals surface area contributed by atoms with Gasteiger partial charge in [-0.15, -0.1) is 0 Å². The van der Waals surface area contributed by atoms with E-state index in [4.69, 9.17) is 9.47 Å². The Kier molecular flexibility index (Phi) is 6.20. The van der Waals surface area contributed by atoms with Crippen LogP contribution in [-0.2, 0) is 0 Å². The molecule has 7 heteroatoms. The molecule has 0 unspecified atom stereocenters. The van der Waals surface area contributed by atoms with E-state index < -0.39 is 10.8 Å². The number of nitrogens with one attached hydrogen (secondary N) is 1. The lowest BCUT2D eigenvalue weighted by Gasteiger charge is -2.09. The first-order valence-corrected chi connectivity index (χ1v) is 8.59. The summed E-state index contributed by atoms with van der Waals surface area (Å²) in [7, 11) is 0. The third-order valence-electron chi connectivity index (χ3n) is 3.83. The van der Waals surface area contributed by atoms with Gasteiger partial charge < -0.3 is 14.8 Å². The number of nitro benzene ring substituents is 1. The number of hydrogen-bond acceptors (Lipinski definition) is 5. The lowest BCUT2D eigenvalue weighted by molar-refractivity contribution is -0.383. The molecule has 3 aromatic carbocycles. The molecule has 0 saturated heterocycles. The minimum atomic E-state index is -0.538. The zero-order valence-corrected chi connectivity index (χ0v) is 14.9. The van der Waals surface area contributed by atoms with Gasteiger partial charge in [0.1, 0.15) is 30.4 Å². The predicted octanol–water partition coefficient (Wildman–Crippen LogP) is 4.30. The van der Waals surface area contributed by atoms with E-state index in [0.29, 0.717) is 24.5 Å². The fourth-order valence-electron chi connectivity index (χ4n) is 2.47. The molecule has 0 aliphatic rings. The SMILES string of the molecule is O=C(Nc1ccccc1[N+](=O)[O-])c1ccc(OCCOc2ccccc2)cc1. The molecular weight excluding hydrogens is 360 g/mol. The van der Waals surface area contributed by atoms with Crippen molar-refractivity contribution in [2.75, 3.05) is 18.5 Å². The number of amides is 1. The van der Waals surface area contributed by atoms with Gasteiger partial charge in [-0.3, -0.25) is 14.9 Å². The molecule has 3 aromatic rings. The predicted molar refractivity (Wildman–Crippen MR) is 105 cm³/mol. The average Bonchev–Trinajstić information content (AvgIpc) is 2.72. The number of nitro groups is 1. The normalized spacial score (nSPS) is 10.1. The Morgan fingerprint density at radius 3 is 2.04 bits per heavy atom. The van der Waals surface area contributed by atoms with Gasteiger partial charge in [-0.2, -0.15) is 0 Å². The van der Waals surface area contributed by atoms with Gasteiger partial charge in [0.05, 0.1) is 4.92 Å². The lowest BCUT2D eigenvalue weighted by Crippen LogP contribution is -2.13. The number of anilines is 1. The molecule has 0 atom stereocenters. The van der Waals surface area contributed by atoms with Gasteiger partial charge >= 0.3 is 0 Å². The number of carbonyl (C=O) groups is 1. The summed E-state index contributed by atoms with van der Waals surface area (Å²) in [6.45, 7) is 0.751. The number of benzene rings is 3. The molecule has 28 heavy (non-hydrogen) atoms. The Morgan fingerprint density at radius 2 is 1.39 bits per heavy atom. The lowest BCUT2D eigenvalue weighted by atomic mass is 10.2. The summed E-state index contributed by atoms with van der Waals surface area (Å²) >= 11 is 0. The van der Waals surface area contributed by atoms with Crippen LogP contribution in [0.1, 0.15) is 10.4 Å². The van der Waals surface area contributed by atoms with Crippen molar-refractivity contribution >= 4 is 17.3 Å². The van der Waals surface area contributed by atoms with E-state index in [2.05, 4.69) is 5.32 Å². The van der Waals surface area contributed by atoms with Crippen LogP contribution in [0.2, 0.25) is 0 Å². The molecule has 0 aliphatic carbocycles. The van der Waals surface area contributed by atoms with Gasteiger partial charge in [0.2, 0.25) is 0 Å². The Balaban J connectivity index is 1.52. The number of rotatable bonds is 8. The summed E-state index contributed by atoms with van der Waals surface area (Å²) in [5, 5.41) is 13.6. The highest BCUT2D eigenvalue weighted by Gasteiger charge is 2.15. The maximum atomic E-state index is 12.3. The van der Waals surface area contributed by atoms with E-state index in [0.717, 1.165) is 5.75 Å². The minimum Gasteiger partial charge on any atom is -0.490 e. The quantitative estimate of drug-likeness (QED) is 0.358. The summed E-state index contributed by atoms with van der Waals surface area (Å²) in [4.78, 5) is 22.8.